The van der Waals surface area contributed by atoms with Crippen molar-refractivity contribution in [3.63, 3.8) is 0 Å². The van der Waals surface area contributed by atoms with Gasteiger partial charge in [0, 0.05) is 11.6 Å². The number of benzene rings is 2. The summed E-state index contributed by atoms with van der Waals surface area (Å²) in [4.78, 5) is 12.2. The van der Waals surface area contributed by atoms with Crippen LogP contribution in [-0.2, 0) is 0 Å². The van der Waals surface area contributed by atoms with Gasteiger partial charge in [0.25, 0.3) is 5.91 Å². The van der Waals surface area contributed by atoms with Crippen LogP contribution < -0.4 is 5.32 Å². The number of hydrogen-bond acceptors (Lipinski definition) is 2. The number of carbonyl (C=O) groups is 1. The molecule has 0 bridgehead atoms. The van der Waals surface area contributed by atoms with Crippen molar-refractivity contribution in [2.24, 2.45) is 0 Å². The Labute approximate surface area is 104 Å². The molecule has 1 aromatic heterocycles. The predicted octanol–water partition coefficient (Wildman–Crippen LogP) is 2.82. The Morgan fingerprint density at radius 2 is 1.89 bits per heavy atom. The fourth-order valence-corrected chi connectivity index (χ4v) is 1.94. The van der Waals surface area contributed by atoms with Crippen molar-refractivity contribution < 1.29 is 4.79 Å². The molecule has 3 rings (SSSR count). The van der Waals surface area contributed by atoms with Crippen molar-refractivity contribution in [2.45, 2.75) is 0 Å². The van der Waals surface area contributed by atoms with Gasteiger partial charge in [-0.3, -0.25) is 9.89 Å². The highest BCUT2D eigenvalue weighted by molar-refractivity contribution is 6.12. The molecule has 3 aromatic rings. The molecule has 0 radical (unpaired) electrons. The molecular formula is C14H11N3O. The number of hydrogen-bond donors (Lipinski definition) is 2. The van der Waals surface area contributed by atoms with Gasteiger partial charge in [-0.05, 0) is 16.8 Å². The number of H-pyrrole nitrogens is 1. The summed E-state index contributed by atoms with van der Waals surface area (Å²) in [5.41, 5.74) is 0.655. The zero-order chi connectivity index (χ0) is 12.4. The number of anilines is 1. The zero-order valence-corrected chi connectivity index (χ0v) is 9.55. The van der Waals surface area contributed by atoms with E-state index in [1.54, 1.807) is 12.3 Å². The van der Waals surface area contributed by atoms with E-state index < -0.39 is 0 Å². The van der Waals surface area contributed by atoms with Gasteiger partial charge in [-0.1, -0.05) is 36.4 Å². The number of nitrogens with zero attached hydrogens (tertiary/aromatic N) is 1. The normalized spacial score (nSPS) is 10.4. The molecule has 0 saturated carbocycles. The summed E-state index contributed by atoms with van der Waals surface area (Å²) in [6.07, 6.45) is 1.60. The summed E-state index contributed by atoms with van der Waals surface area (Å²) in [5, 5.41) is 11.3. The van der Waals surface area contributed by atoms with Gasteiger partial charge in [-0.25, -0.2) is 0 Å². The van der Waals surface area contributed by atoms with Gasteiger partial charge in [0.15, 0.2) is 0 Å². The lowest BCUT2D eigenvalue weighted by Gasteiger charge is -2.06. The molecule has 1 amide bonds. The average Bonchev–Trinajstić information content (AvgIpc) is 2.91. The van der Waals surface area contributed by atoms with Crippen LogP contribution in [0.1, 0.15) is 10.4 Å². The lowest BCUT2D eigenvalue weighted by molar-refractivity contribution is 0.102. The number of carbonyl (C=O) groups excluding carboxylic acids is 1. The Morgan fingerprint density at radius 3 is 2.72 bits per heavy atom. The maximum atomic E-state index is 12.2. The number of fused-ring (bicyclic) bond motifs is 1. The molecule has 0 aliphatic carbocycles. The first-order chi connectivity index (χ1) is 8.84. The molecule has 0 unspecified atom stereocenters. The number of amides is 1. The summed E-state index contributed by atoms with van der Waals surface area (Å²) in [6.45, 7) is 0. The number of rotatable bonds is 2. The first-order valence-corrected chi connectivity index (χ1v) is 5.63. The molecule has 0 saturated heterocycles. The smallest absolute Gasteiger partial charge is 0.257 e. The highest BCUT2D eigenvalue weighted by Gasteiger charge is 2.09. The summed E-state index contributed by atoms with van der Waals surface area (Å²) in [5.74, 6) is 0.448. The SMILES string of the molecule is O=C(Nc1ccn[nH]1)c1cccc2ccccc12. The molecule has 0 spiro atoms. The molecule has 4 nitrogen and oxygen atoms in total. The zero-order valence-electron chi connectivity index (χ0n) is 9.55. The molecule has 88 valence electrons. The molecule has 4 heteroatoms. The van der Waals surface area contributed by atoms with Crippen LogP contribution in [0.3, 0.4) is 0 Å². The van der Waals surface area contributed by atoms with Gasteiger partial charge in [0.2, 0.25) is 0 Å². The van der Waals surface area contributed by atoms with E-state index in [-0.39, 0.29) is 5.91 Å². The summed E-state index contributed by atoms with van der Waals surface area (Å²) < 4.78 is 0. The highest BCUT2D eigenvalue weighted by atomic mass is 16.1. The Balaban J connectivity index is 2.01. The minimum Gasteiger partial charge on any atom is -0.307 e. The second kappa shape index (κ2) is 4.33. The van der Waals surface area contributed by atoms with Crippen LogP contribution in [0.2, 0.25) is 0 Å². The molecule has 0 atom stereocenters. The standard InChI is InChI=1S/C14H11N3O/c18-14(16-13-8-9-15-17-13)12-7-3-5-10-4-1-2-6-11(10)12/h1-9H,(H2,15,16,17,18). The lowest BCUT2D eigenvalue weighted by Crippen LogP contribution is -2.12. The third-order valence-corrected chi connectivity index (χ3v) is 2.78. The van der Waals surface area contributed by atoms with E-state index >= 15 is 0 Å². The van der Waals surface area contributed by atoms with Gasteiger partial charge in [-0.15, -0.1) is 0 Å². The number of nitrogens with one attached hydrogen (secondary N) is 2. The molecular weight excluding hydrogens is 226 g/mol. The molecule has 0 aliphatic rings. The average molecular weight is 237 g/mol. The second-order valence-corrected chi connectivity index (χ2v) is 3.95. The van der Waals surface area contributed by atoms with Crippen molar-refractivity contribution >= 4 is 22.5 Å². The summed E-state index contributed by atoms with van der Waals surface area (Å²) in [7, 11) is 0. The Hall–Kier alpha value is -2.62. The Bertz CT molecular complexity index is 684. The maximum Gasteiger partial charge on any atom is 0.257 e. The van der Waals surface area contributed by atoms with Crippen LogP contribution in [-0.4, -0.2) is 16.1 Å². The molecule has 1 heterocycles. The van der Waals surface area contributed by atoms with Crippen LogP contribution in [0, 0.1) is 0 Å². The molecule has 18 heavy (non-hydrogen) atoms. The summed E-state index contributed by atoms with van der Waals surface area (Å²) in [6, 6.07) is 15.2. The van der Waals surface area contributed by atoms with E-state index in [2.05, 4.69) is 15.5 Å². The van der Waals surface area contributed by atoms with Crippen molar-refractivity contribution in [1.82, 2.24) is 10.2 Å². The van der Waals surface area contributed by atoms with Gasteiger partial charge in [0.05, 0.1) is 6.20 Å². The number of aromatic amines is 1. The molecule has 2 aromatic carbocycles. The van der Waals surface area contributed by atoms with Crippen LogP contribution in [0.4, 0.5) is 5.82 Å². The van der Waals surface area contributed by atoms with Gasteiger partial charge >= 0.3 is 0 Å². The Kier molecular flexibility index (Phi) is 2.53. The van der Waals surface area contributed by atoms with Crippen LogP contribution in [0.15, 0.2) is 54.7 Å². The van der Waals surface area contributed by atoms with E-state index in [1.807, 2.05) is 42.5 Å². The fraction of sp³-hybridized carbons (Fsp3) is 0. The summed E-state index contributed by atoms with van der Waals surface area (Å²) >= 11 is 0. The topological polar surface area (TPSA) is 57.8 Å². The lowest BCUT2D eigenvalue weighted by atomic mass is 10.0. The van der Waals surface area contributed by atoms with Crippen molar-refractivity contribution in [1.29, 1.82) is 0 Å². The van der Waals surface area contributed by atoms with E-state index in [0.29, 0.717) is 11.4 Å². The molecule has 0 aliphatic heterocycles. The van der Waals surface area contributed by atoms with Crippen LogP contribution in [0.25, 0.3) is 10.8 Å². The van der Waals surface area contributed by atoms with Gasteiger partial charge in [0.1, 0.15) is 5.82 Å². The van der Waals surface area contributed by atoms with E-state index in [1.165, 1.54) is 0 Å². The van der Waals surface area contributed by atoms with Crippen LogP contribution >= 0.6 is 0 Å². The fourth-order valence-electron chi connectivity index (χ4n) is 1.94. The maximum absolute atomic E-state index is 12.2. The molecule has 0 fully saturated rings. The first-order valence-electron chi connectivity index (χ1n) is 5.63. The largest absolute Gasteiger partial charge is 0.307 e. The van der Waals surface area contributed by atoms with Gasteiger partial charge in [-0.2, -0.15) is 5.10 Å². The van der Waals surface area contributed by atoms with Gasteiger partial charge < -0.3 is 5.32 Å². The number of aromatic nitrogens is 2. The third-order valence-electron chi connectivity index (χ3n) is 2.78. The monoisotopic (exact) mass is 237 g/mol. The quantitative estimate of drug-likeness (QED) is 0.720. The minimum absolute atomic E-state index is 0.143. The predicted molar refractivity (Wildman–Crippen MR) is 70.5 cm³/mol. The van der Waals surface area contributed by atoms with Crippen LogP contribution in [0.5, 0.6) is 0 Å². The first kappa shape index (κ1) is 10.5. The highest BCUT2D eigenvalue weighted by Crippen LogP contribution is 2.19. The van der Waals surface area contributed by atoms with E-state index in [4.69, 9.17) is 0 Å². The van der Waals surface area contributed by atoms with E-state index in [0.717, 1.165) is 10.8 Å². The van der Waals surface area contributed by atoms with Crippen molar-refractivity contribution in [2.75, 3.05) is 5.32 Å². The second-order valence-electron chi connectivity index (χ2n) is 3.95. The molecule has 2 N–H and O–H groups in total. The van der Waals surface area contributed by atoms with Crippen molar-refractivity contribution in [3.05, 3.63) is 60.3 Å². The third kappa shape index (κ3) is 1.84. The van der Waals surface area contributed by atoms with E-state index in [9.17, 15) is 4.79 Å². The minimum atomic E-state index is -0.143. The van der Waals surface area contributed by atoms with Crippen molar-refractivity contribution in [3.8, 4) is 0 Å². The Morgan fingerprint density at radius 1 is 1.06 bits per heavy atom.